The van der Waals surface area contributed by atoms with E-state index in [1.807, 2.05) is 24.0 Å². The van der Waals surface area contributed by atoms with Gasteiger partial charge in [-0.25, -0.2) is 0 Å². The Morgan fingerprint density at radius 2 is 2.00 bits per heavy atom. The van der Waals surface area contributed by atoms with Crippen LogP contribution in [0.1, 0.15) is 23.1 Å². The number of benzene rings is 1. The van der Waals surface area contributed by atoms with E-state index in [4.69, 9.17) is 0 Å². The molecule has 0 bridgehead atoms. The number of hydrogen-bond acceptors (Lipinski definition) is 1. The summed E-state index contributed by atoms with van der Waals surface area (Å²) in [6, 6.07) is 6.19. The summed E-state index contributed by atoms with van der Waals surface area (Å²) in [6.07, 6.45) is -3.91. The normalized spacial score (nSPS) is 16.9. The van der Waals surface area contributed by atoms with E-state index in [9.17, 15) is 13.2 Å². The standard InChI is InChI=1S/C13H16F3N/c1-10-2-3-12-9-17(6-4-11(12)8-10)7-5-13(14,15)16/h2-3,8H,4-7,9H2,1H3. The van der Waals surface area contributed by atoms with Crippen molar-refractivity contribution in [2.45, 2.75) is 32.5 Å². The Kier molecular flexibility index (Phi) is 3.43. The van der Waals surface area contributed by atoms with Crippen LogP contribution in [0.5, 0.6) is 0 Å². The predicted molar refractivity (Wildman–Crippen MR) is 60.8 cm³/mol. The van der Waals surface area contributed by atoms with E-state index in [2.05, 4.69) is 6.07 Å². The molecule has 0 atom stereocenters. The zero-order chi connectivity index (χ0) is 12.5. The third kappa shape index (κ3) is 3.46. The molecule has 0 saturated carbocycles. The highest BCUT2D eigenvalue weighted by Crippen LogP contribution is 2.24. The van der Waals surface area contributed by atoms with Crippen molar-refractivity contribution < 1.29 is 13.2 Å². The van der Waals surface area contributed by atoms with Gasteiger partial charge in [0.15, 0.2) is 0 Å². The van der Waals surface area contributed by atoms with E-state index < -0.39 is 12.6 Å². The van der Waals surface area contributed by atoms with Crippen molar-refractivity contribution in [2.75, 3.05) is 13.1 Å². The second kappa shape index (κ2) is 4.69. The van der Waals surface area contributed by atoms with Gasteiger partial charge in [-0.05, 0) is 24.5 Å². The van der Waals surface area contributed by atoms with Crippen molar-refractivity contribution in [3.05, 3.63) is 34.9 Å². The minimum atomic E-state index is -4.05. The molecule has 1 aromatic rings. The number of hydrogen-bond donors (Lipinski definition) is 0. The summed E-state index contributed by atoms with van der Waals surface area (Å²) in [6.45, 7) is 3.52. The molecular weight excluding hydrogens is 227 g/mol. The lowest BCUT2D eigenvalue weighted by Gasteiger charge is -2.29. The van der Waals surface area contributed by atoms with E-state index in [-0.39, 0.29) is 6.54 Å². The Hall–Kier alpha value is -1.03. The van der Waals surface area contributed by atoms with Gasteiger partial charge in [0.05, 0.1) is 6.42 Å². The van der Waals surface area contributed by atoms with Gasteiger partial charge >= 0.3 is 6.18 Å². The number of rotatable bonds is 2. The first-order chi connectivity index (χ1) is 7.94. The minimum Gasteiger partial charge on any atom is -0.298 e. The van der Waals surface area contributed by atoms with Crippen LogP contribution in [-0.4, -0.2) is 24.2 Å². The summed E-state index contributed by atoms with van der Waals surface area (Å²) in [5, 5.41) is 0. The van der Waals surface area contributed by atoms with Gasteiger partial charge < -0.3 is 0 Å². The molecule has 0 spiro atoms. The Labute approximate surface area is 99.2 Å². The van der Waals surface area contributed by atoms with Crippen LogP contribution in [0, 0.1) is 6.92 Å². The molecule has 0 radical (unpaired) electrons. The largest absolute Gasteiger partial charge is 0.390 e. The predicted octanol–water partition coefficient (Wildman–Crippen LogP) is 3.31. The average molecular weight is 243 g/mol. The molecular formula is C13H16F3N. The average Bonchev–Trinajstić information content (AvgIpc) is 2.25. The van der Waals surface area contributed by atoms with Crippen molar-refractivity contribution >= 4 is 0 Å². The molecule has 1 nitrogen and oxygen atoms in total. The quantitative estimate of drug-likeness (QED) is 0.770. The van der Waals surface area contributed by atoms with Gasteiger partial charge in [-0.3, -0.25) is 4.90 Å². The Balaban J connectivity index is 1.97. The Morgan fingerprint density at radius 3 is 2.71 bits per heavy atom. The molecule has 1 aliphatic heterocycles. The van der Waals surface area contributed by atoms with E-state index in [1.165, 1.54) is 16.7 Å². The summed E-state index contributed by atoms with van der Waals surface area (Å²) in [4.78, 5) is 1.88. The van der Waals surface area contributed by atoms with E-state index in [1.54, 1.807) is 0 Å². The lowest BCUT2D eigenvalue weighted by atomic mass is 9.97. The van der Waals surface area contributed by atoms with Gasteiger partial charge in [-0.2, -0.15) is 13.2 Å². The van der Waals surface area contributed by atoms with Crippen LogP contribution in [0.2, 0.25) is 0 Å². The molecule has 0 aromatic heterocycles. The molecule has 0 aliphatic carbocycles. The van der Waals surface area contributed by atoms with Crippen molar-refractivity contribution in [3.8, 4) is 0 Å². The Morgan fingerprint density at radius 1 is 1.24 bits per heavy atom. The molecule has 4 heteroatoms. The number of halogens is 3. The van der Waals surface area contributed by atoms with Crippen LogP contribution in [0.25, 0.3) is 0 Å². The monoisotopic (exact) mass is 243 g/mol. The highest BCUT2D eigenvalue weighted by atomic mass is 19.4. The zero-order valence-electron chi connectivity index (χ0n) is 9.85. The van der Waals surface area contributed by atoms with Crippen molar-refractivity contribution in [1.82, 2.24) is 4.90 Å². The zero-order valence-corrected chi connectivity index (χ0v) is 9.85. The first kappa shape index (κ1) is 12.4. The summed E-state index contributed by atoms with van der Waals surface area (Å²) < 4.78 is 36.4. The summed E-state index contributed by atoms with van der Waals surface area (Å²) in [7, 11) is 0. The molecule has 0 saturated heterocycles. The molecule has 0 amide bonds. The maximum Gasteiger partial charge on any atom is 0.390 e. The van der Waals surface area contributed by atoms with Gasteiger partial charge in [-0.15, -0.1) is 0 Å². The fourth-order valence-electron chi connectivity index (χ4n) is 2.22. The van der Waals surface area contributed by atoms with E-state index >= 15 is 0 Å². The Bertz CT molecular complexity index is 398. The molecule has 94 valence electrons. The van der Waals surface area contributed by atoms with Gasteiger partial charge in [0.1, 0.15) is 0 Å². The second-order valence-corrected chi connectivity index (χ2v) is 4.66. The van der Waals surface area contributed by atoms with Crippen LogP contribution >= 0.6 is 0 Å². The minimum absolute atomic E-state index is 0.108. The molecule has 17 heavy (non-hydrogen) atoms. The van der Waals surface area contributed by atoms with Gasteiger partial charge in [0.2, 0.25) is 0 Å². The van der Waals surface area contributed by atoms with Crippen molar-refractivity contribution in [1.29, 1.82) is 0 Å². The van der Waals surface area contributed by atoms with Gasteiger partial charge in [-0.1, -0.05) is 23.8 Å². The fraction of sp³-hybridized carbons (Fsp3) is 0.538. The third-order valence-electron chi connectivity index (χ3n) is 3.16. The van der Waals surface area contributed by atoms with Crippen molar-refractivity contribution in [3.63, 3.8) is 0 Å². The van der Waals surface area contributed by atoms with Crippen LogP contribution in [0.3, 0.4) is 0 Å². The summed E-state index contributed by atoms with van der Waals surface area (Å²) in [5.74, 6) is 0. The smallest absolute Gasteiger partial charge is 0.298 e. The molecule has 1 heterocycles. The molecule has 2 rings (SSSR count). The maximum absolute atomic E-state index is 12.1. The van der Waals surface area contributed by atoms with E-state index in [0.717, 1.165) is 13.0 Å². The van der Waals surface area contributed by atoms with Crippen LogP contribution in [0.15, 0.2) is 18.2 Å². The number of nitrogens with zero attached hydrogens (tertiary/aromatic N) is 1. The van der Waals surface area contributed by atoms with Crippen LogP contribution in [-0.2, 0) is 13.0 Å². The second-order valence-electron chi connectivity index (χ2n) is 4.66. The molecule has 0 N–H and O–H groups in total. The number of fused-ring (bicyclic) bond motifs is 1. The molecule has 0 fully saturated rings. The highest BCUT2D eigenvalue weighted by Gasteiger charge is 2.28. The molecule has 0 unspecified atom stereocenters. The highest BCUT2D eigenvalue weighted by molar-refractivity contribution is 5.33. The topological polar surface area (TPSA) is 3.24 Å². The third-order valence-corrected chi connectivity index (χ3v) is 3.16. The molecule has 1 aliphatic rings. The first-order valence-corrected chi connectivity index (χ1v) is 5.81. The molecule has 1 aromatic carbocycles. The first-order valence-electron chi connectivity index (χ1n) is 5.81. The van der Waals surface area contributed by atoms with Gasteiger partial charge in [0.25, 0.3) is 0 Å². The number of aryl methyl sites for hydroxylation is 1. The summed E-state index contributed by atoms with van der Waals surface area (Å²) >= 11 is 0. The van der Waals surface area contributed by atoms with E-state index in [0.29, 0.717) is 6.54 Å². The SMILES string of the molecule is Cc1ccc2c(c1)CCN(CCC(F)(F)F)C2. The van der Waals surface area contributed by atoms with Crippen LogP contribution < -0.4 is 0 Å². The lowest BCUT2D eigenvalue weighted by molar-refractivity contribution is -0.138. The number of alkyl halides is 3. The van der Waals surface area contributed by atoms with Gasteiger partial charge in [0, 0.05) is 19.6 Å². The van der Waals surface area contributed by atoms with Crippen LogP contribution in [0.4, 0.5) is 13.2 Å². The summed E-state index contributed by atoms with van der Waals surface area (Å²) in [5.41, 5.74) is 3.67. The fourth-order valence-corrected chi connectivity index (χ4v) is 2.22. The van der Waals surface area contributed by atoms with Crippen molar-refractivity contribution in [2.24, 2.45) is 0 Å². The maximum atomic E-state index is 12.1. The lowest BCUT2D eigenvalue weighted by Crippen LogP contribution is -2.33.